The number of ether oxygens (including phenoxy) is 1. The zero-order valence-electron chi connectivity index (χ0n) is 13.3. The highest BCUT2D eigenvalue weighted by Crippen LogP contribution is 2.27. The van der Waals surface area contributed by atoms with Crippen molar-refractivity contribution in [1.82, 2.24) is 0 Å². The lowest BCUT2D eigenvalue weighted by Gasteiger charge is -2.11. The van der Waals surface area contributed by atoms with Crippen molar-refractivity contribution in [2.24, 2.45) is 0 Å². The van der Waals surface area contributed by atoms with E-state index in [1.807, 2.05) is 42.5 Å². The lowest BCUT2D eigenvalue weighted by atomic mass is 10.0. The highest BCUT2D eigenvalue weighted by Gasteiger charge is 2.10. The molecular formula is C20H18N2O2. The fourth-order valence-corrected chi connectivity index (χ4v) is 2.45. The molecule has 120 valence electrons. The minimum Gasteiger partial charge on any atom is -0.494 e. The van der Waals surface area contributed by atoms with Gasteiger partial charge in [0.2, 0.25) is 0 Å². The average molecular weight is 318 g/mol. The Morgan fingerprint density at radius 3 is 2.25 bits per heavy atom. The van der Waals surface area contributed by atoms with Gasteiger partial charge in [0.25, 0.3) is 5.91 Å². The number of anilines is 2. The molecule has 0 aliphatic carbocycles. The number of nitrogen functional groups attached to an aromatic ring is 1. The molecule has 0 saturated heterocycles. The van der Waals surface area contributed by atoms with Crippen LogP contribution < -0.4 is 15.8 Å². The topological polar surface area (TPSA) is 64.3 Å². The van der Waals surface area contributed by atoms with Crippen LogP contribution in [-0.2, 0) is 0 Å². The molecule has 0 saturated carbocycles. The molecule has 0 aliphatic rings. The molecule has 0 fully saturated rings. The van der Waals surface area contributed by atoms with E-state index in [1.54, 1.807) is 37.4 Å². The number of rotatable bonds is 4. The minimum atomic E-state index is -0.197. The number of nitrogens with two attached hydrogens (primary N) is 1. The second-order valence-corrected chi connectivity index (χ2v) is 5.36. The molecule has 3 rings (SSSR count). The van der Waals surface area contributed by atoms with Crippen LogP contribution in [0, 0.1) is 0 Å². The van der Waals surface area contributed by atoms with E-state index in [1.165, 1.54) is 0 Å². The van der Waals surface area contributed by atoms with Crippen LogP contribution in [-0.4, -0.2) is 13.0 Å². The highest BCUT2D eigenvalue weighted by atomic mass is 16.5. The molecule has 4 heteroatoms. The Bertz CT molecular complexity index is 843. The molecule has 0 unspecified atom stereocenters. The van der Waals surface area contributed by atoms with Gasteiger partial charge >= 0.3 is 0 Å². The maximum Gasteiger partial charge on any atom is 0.255 e. The van der Waals surface area contributed by atoms with E-state index < -0.39 is 0 Å². The average Bonchev–Trinajstić information content (AvgIpc) is 2.64. The Morgan fingerprint density at radius 2 is 1.58 bits per heavy atom. The maximum atomic E-state index is 12.4. The van der Waals surface area contributed by atoms with Gasteiger partial charge in [0.15, 0.2) is 0 Å². The lowest BCUT2D eigenvalue weighted by Crippen LogP contribution is -2.12. The third-order valence-electron chi connectivity index (χ3n) is 3.73. The smallest absolute Gasteiger partial charge is 0.255 e. The fourth-order valence-electron chi connectivity index (χ4n) is 2.45. The number of methoxy groups -OCH3 is 1. The second kappa shape index (κ2) is 6.87. The first-order valence-electron chi connectivity index (χ1n) is 7.58. The van der Waals surface area contributed by atoms with Crippen LogP contribution in [0.5, 0.6) is 5.75 Å². The van der Waals surface area contributed by atoms with Crippen molar-refractivity contribution in [3.8, 4) is 16.9 Å². The van der Waals surface area contributed by atoms with Crippen LogP contribution >= 0.6 is 0 Å². The molecule has 0 aromatic heterocycles. The summed E-state index contributed by atoms with van der Waals surface area (Å²) in [4.78, 5) is 12.4. The molecule has 24 heavy (non-hydrogen) atoms. The van der Waals surface area contributed by atoms with Crippen LogP contribution in [0.1, 0.15) is 10.4 Å². The van der Waals surface area contributed by atoms with Crippen molar-refractivity contribution in [2.45, 2.75) is 0 Å². The molecule has 0 heterocycles. The summed E-state index contributed by atoms with van der Waals surface area (Å²) in [5, 5.41) is 2.84. The summed E-state index contributed by atoms with van der Waals surface area (Å²) in [5.74, 6) is 0.335. The molecule has 3 aromatic carbocycles. The summed E-state index contributed by atoms with van der Waals surface area (Å²) in [6.45, 7) is 0. The fraction of sp³-hybridized carbons (Fsp3) is 0.0500. The number of nitrogens with one attached hydrogen (secondary N) is 1. The van der Waals surface area contributed by atoms with Gasteiger partial charge in [-0.05, 0) is 35.4 Å². The molecular weight excluding hydrogens is 300 g/mol. The number of amides is 1. The lowest BCUT2D eigenvalue weighted by molar-refractivity contribution is 0.102. The van der Waals surface area contributed by atoms with Gasteiger partial charge in [0.1, 0.15) is 5.75 Å². The van der Waals surface area contributed by atoms with E-state index in [2.05, 4.69) is 5.32 Å². The Labute approximate surface area is 140 Å². The quantitative estimate of drug-likeness (QED) is 0.709. The van der Waals surface area contributed by atoms with E-state index >= 15 is 0 Å². The highest BCUT2D eigenvalue weighted by molar-refractivity contribution is 6.05. The standard InChI is InChI=1S/C20H18N2O2/c1-24-19-13-17(21)11-12-18(19)22-20(23)16-9-7-15(8-10-16)14-5-3-2-4-6-14/h2-13H,21H2,1H3,(H,22,23). The van der Waals surface area contributed by atoms with E-state index in [-0.39, 0.29) is 5.91 Å². The zero-order chi connectivity index (χ0) is 16.9. The molecule has 3 aromatic rings. The van der Waals surface area contributed by atoms with Crippen molar-refractivity contribution in [2.75, 3.05) is 18.2 Å². The van der Waals surface area contributed by atoms with Crippen LogP contribution in [0.15, 0.2) is 72.8 Å². The van der Waals surface area contributed by atoms with Crippen LogP contribution in [0.25, 0.3) is 11.1 Å². The Morgan fingerprint density at radius 1 is 0.917 bits per heavy atom. The molecule has 3 N–H and O–H groups in total. The molecule has 0 radical (unpaired) electrons. The number of benzene rings is 3. The third-order valence-corrected chi connectivity index (χ3v) is 3.73. The van der Waals surface area contributed by atoms with E-state index in [0.29, 0.717) is 22.7 Å². The number of hydrogen-bond acceptors (Lipinski definition) is 3. The first-order chi connectivity index (χ1) is 11.7. The van der Waals surface area contributed by atoms with Gasteiger partial charge in [-0.3, -0.25) is 4.79 Å². The third kappa shape index (κ3) is 3.38. The summed E-state index contributed by atoms with van der Waals surface area (Å²) in [6.07, 6.45) is 0. The molecule has 1 amide bonds. The number of carbonyl (C=O) groups excluding carboxylic acids is 1. The van der Waals surface area contributed by atoms with E-state index in [0.717, 1.165) is 11.1 Å². The molecule has 0 bridgehead atoms. The predicted molar refractivity (Wildman–Crippen MR) is 97.2 cm³/mol. The molecule has 4 nitrogen and oxygen atoms in total. The van der Waals surface area contributed by atoms with Gasteiger partial charge in [-0.25, -0.2) is 0 Å². The predicted octanol–water partition coefficient (Wildman–Crippen LogP) is 4.20. The first kappa shape index (κ1) is 15.6. The second-order valence-electron chi connectivity index (χ2n) is 5.36. The number of carbonyl (C=O) groups is 1. The normalized spacial score (nSPS) is 10.2. The summed E-state index contributed by atoms with van der Waals surface area (Å²) in [5.41, 5.74) is 9.65. The molecule has 0 atom stereocenters. The summed E-state index contributed by atoms with van der Waals surface area (Å²) in [6, 6.07) is 22.6. The van der Waals surface area contributed by atoms with Crippen LogP contribution in [0.4, 0.5) is 11.4 Å². The molecule has 0 aliphatic heterocycles. The zero-order valence-corrected chi connectivity index (χ0v) is 13.3. The Hall–Kier alpha value is -3.27. The minimum absolute atomic E-state index is 0.197. The summed E-state index contributed by atoms with van der Waals surface area (Å²) in [7, 11) is 1.54. The summed E-state index contributed by atoms with van der Waals surface area (Å²) < 4.78 is 5.25. The van der Waals surface area contributed by atoms with Crippen molar-refractivity contribution < 1.29 is 9.53 Å². The van der Waals surface area contributed by atoms with Gasteiger partial charge in [0, 0.05) is 17.3 Å². The molecule has 0 spiro atoms. The van der Waals surface area contributed by atoms with Gasteiger partial charge in [0.05, 0.1) is 12.8 Å². The van der Waals surface area contributed by atoms with Crippen LogP contribution in [0.2, 0.25) is 0 Å². The largest absolute Gasteiger partial charge is 0.494 e. The van der Waals surface area contributed by atoms with Crippen LogP contribution in [0.3, 0.4) is 0 Å². The van der Waals surface area contributed by atoms with Crippen molar-refractivity contribution >= 4 is 17.3 Å². The van der Waals surface area contributed by atoms with E-state index in [4.69, 9.17) is 10.5 Å². The van der Waals surface area contributed by atoms with Gasteiger partial charge in [-0.1, -0.05) is 42.5 Å². The van der Waals surface area contributed by atoms with Gasteiger partial charge in [-0.2, -0.15) is 0 Å². The Kier molecular flexibility index (Phi) is 4.47. The Balaban J connectivity index is 1.79. The monoisotopic (exact) mass is 318 g/mol. The van der Waals surface area contributed by atoms with Gasteiger partial charge in [-0.15, -0.1) is 0 Å². The van der Waals surface area contributed by atoms with Crippen molar-refractivity contribution in [3.05, 3.63) is 78.4 Å². The summed E-state index contributed by atoms with van der Waals surface area (Å²) >= 11 is 0. The SMILES string of the molecule is COc1cc(N)ccc1NC(=O)c1ccc(-c2ccccc2)cc1. The van der Waals surface area contributed by atoms with Gasteiger partial charge < -0.3 is 15.8 Å². The van der Waals surface area contributed by atoms with Crippen molar-refractivity contribution in [3.63, 3.8) is 0 Å². The van der Waals surface area contributed by atoms with E-state index in [9.17, 15) is 4.79 Å². The number of hydrogen-bond donors (Lipinski definition) is 2. The maximum absolute atomic E-state index is 12.4. The first-order valence-corrected chi connectivity index (χ1v) is 7.58. The van der Waals surface area contributed by atoms with Crippen molar-refractivity contribution in [1.29, 1.82) is 0 Å².